The van der Waals surface area contributed by atoms with Crippen molar-refractivity contribution in [3.63, 3.8) is 0 Å². The molecule has 4 rings (SSSR count). The Morgan fingerprint density at radius 3 is 2.35 bits per heavy atom. The standard InChI is InChI=1S/C23H31N3O4S/c1-4-24-15-20(23(28)25-13-16(2)11-17(3)14-25)22(27)19-12-18(7-8-21(19)24)31(29,30)26-9-5-6-10-26/h7-8,12,15-17H,4-6,9-11,13-14H2,1-3H3/t16-,17+. The number of carbonyl (C=O) groups excluding carboxylic acids is 1. The summed E-state index contributed by atoms with van der Waals surface area (Å²) in [4.78, 5) is 28.6. The van der Waals surface area contributed by atoms with E-state index in [0.29, 0.717) is 50.1 Å². The van der Waals surface area contributed by atoms with Gasteiger partial charge in [0.15, 0.2) is 0 Å². The Labute approximate surface area is 183 Å². The Bertz CT molecular complexity index is 1160. The molecule has 0 N–H and O–H groups in total. The highest BCUT2D eigenvalue weighted by Gasteiger charge is 2.30. The Morgan fingerprint density at radius 2 is 1.74 bits per heavy atom. The van der Waals surface area contributed by atoms with E-state index in [0.717, 1.165) is 19.3 Å². The summed E-state index contributed by atoms with van der Waals surface area (Å²) in [6.07, 6.45) is 4.39. The third-order valence-corrected chi connectivity index (χ3v) is 8.38. The van der Waals surface area contributed by atoms with Crippen molar-refractivity contribution in [2.75, 3.05) is 26.2 Å². The first-order chi connectivity index (χ1) is 14.7. The van der Waals surface area contributed by atoms with E-state index in [1.165, 1.54) is 10.4 Å². The molecule has 0 radical (unpaired) electrons. The number of nitrogens with zero attached hydrogens (tertiary/aromatic N) is 3. The summed E-state index contributed by atoms with van der Waals surface area (Å²) in [6, 6.07) is 4.70. The molecular weight excluding hydrogens is 414 g/mol. The Morgan fingerprint density at radius 1 is 1.10 bits per heavy atom. The lowest BCUT2D eigenvalue weighted by molar-refractivity contribution is 0.0621. The van der Waals surface area contributed by atoms with Crippen molar-refractivity contribution < 1.29 is 13.2 Å². The predicted octanol–water partition coefficient (Wildman–Crippen LogP) is 2.92. The first kappa shape index (κ1) is 22.0. The van der Waals surface area contributed by atoms with E-state index in [1.54, 1.807) is 23.2 Å². The normalized spacial score (nSPS) is 22.9. The fraction of sp³-hybridized carbons (Fsp3) is 0.565. The molecule has 2 aliphatic rings. The molecule has 2 aliphatic heterocycles. The maximum Gasteiger partial charge on any atom is 0.259 e. The van der Waals surface area contributed by atoms with Crippen LogP contribution in [0.3, 0.4) is 0 Å². The largest absolute Gasteiger partial charge is 0.347 e. The maximum atomic E-state index is 13.4. The molecule has 0 bridgehead atoms. The van der Waals surface area contributed by atoms with Gasteiger partial charge in [0, 0.05) is 44.3 Å². The third-order valence-electron chi connectivity index (χ3n) is 6.48. The summed E-state index contributed by atoms with van der Waals surface area (Å²) < 4.78 is 29.4. The topological polar surface area (TPSA) is 79.7 Å². The third kappa shape index (κ3) is 4.03. The Kier molecular flexibility index (Phi) is 5.96. The summed E-state index contributed by atoms with van der Waals surface area (Å²) >= 11 is 0. The van der Waals surface area contributed by atoms with Gasteiger partial charge in [-0.05, 0) is 56.2 Å². The molecule has 1 aromatic carbocycles. The minimum absolute atomic E-state index is 0.117. The van der Waals surface area contributed by atoms with Gasteiger partial charge in [0.05, 0.1) is 10.4 Å². The van der Waals surface area contributed by atoms with Crippen LogP contribution in [0.4, 0.5) is 0 Å². The fourth-order valence-corrected chi connectivity index (χ4v) is 6.57. The van der Waals surface area contributed by atoms with Crippen LogP contribution < -0.4 is 5.43 Å². The number of pyridine rings is 1. The second-order valence-electron chi connectivity index (χ2n) is 9.10. The minimum Gasteiger partial charge on any atom is -0.347 e. The average Bonchev–Trinajstić information content (AvgIpc) is 3.28. The zero-order chi connectivity index (χ0) is 22.3. The van der Waals surface area contributed by atoms with Gasteiger partial charge in [-0.1, -0.05) is 13.8 Å². The molecule has 2 atom stereocenters. The number of amides is 1. The second-order valence-corrected chi connectivity index (χ2v) is 11.0. The van der Waals surface area contributed by atoms with Gasteiger partial charge in [0.2, 0.25) is 15.5 Å². The maximum absolute atomic E-state index is 13.4. The first-order valence-corrected chi connectivity index (χ1v) is 12.6. The highest BCUT2D eigenvalue weighted by molar-refractivity contribution is 7.89. The van der Waals surface area contributed by atoms with Crippen LogP contribution in [0, 0.1) is 11.8 Å². The first-order valence-electron chi connectivity index (χ1n) is 11.2. The number of sulfonamides is 1. The van der Waals surface area contributed by atoms with E-state index in [2.05, 4.69) is 13.8 Å². The molecule has 0 aliphatic carbocycles. The number of hydrogen-bond acceptors (Lipinski definition) is 4. The van der Waals surface area contributed by atoms with Gasteiger partial charge in [-0.3, -0.25) is 9.59 Å². The quantitative estimate of drug-likeness (QED) is 0.725. The summed E-state index contributed by atoms with van der Waals surface area (Å²) in [6.45, 7) is 9.03. The van der Waals surface area contributed by atoms with E-state index < -0.39 is 15.5 Å². The van der Waals surface area contributed by atoms with Crippen molar-refractivity contribution in [3.05, 3.63) is 40.2 Å². The molecule has 3 heterocycles. The number of likely N-dealkylation sites (tertiary alicyclic amines) is 1. The van der Waals surface area contributed by atoms with Crippen LogP contribution in [-0.4, -0.2) is 54.3 Å². The van der Waals surface area contributed by atoms with Gasteiger partial charge in [0.1, 0.15) is 5.56 Å². The average molecular weight is 446 g/mol. The zero-order valence-electron chi connectivity index (χ0n) is 18.5. The molecule has 8 heteroatoms. The number of rotatable bonds is 4. The summed E-state index contributed by atoms with van der Waals surface area (Å²) in [7, 11) is -3.64. The van der Waals surface area contributed by atoms with Crippen LogP contribution in [0.1, 0.15) is 50.4 Å². The van der Waals surface area contributed by atoms with Crippen LogP contribution in [0.2, 0.25) is 0 Å². The molecule has 0 saturated carbocycles. The lowest BCUT2D eigenvalue weighted by Crippen LogP contribution is -2.44. The Balaban J connectivity index is 1.81. The molecule has 0 spiro atoms. The number of aromatic nitrogens is 1. The van der Waals surface area contributed by atoms with E-state index in [1.807, 2.05) is 11.5 Å². The molecular formula is C23H31N3O4S. The number of fused-ring (bicyclic) bond motifs is 1. The van der Waals surface area contributed by atoms with Crippen LogP contribution in [-0.2, 0) is 16.6 Å². The van der Waals surface area contributed by atoms with Crippen molar-refractivity contribution in [1.82, 2.24) is 13.8 Å². The van der Waals surface area contributed by atoms with E-state index in [-0.39, 0.29) is 21.8 Å². The van der Waals surface area contributed by atoms with Gasteiger partial charge < -0.3 is 9.47 Å². The van der Waals surface area contributed by atoms with Crippen molar-refractivity contribution in [3.8, 4) is 0 Å². The smallest absolute Gasteiger partial charge is 0.259 e. The van der Waals surface area contributed by atoms with Gasteiger partial charge in [0.25, 0.3) is 5.91 Å². The molecule has 2 fully saturated rings. The summed E-state index contributed by atoms with van der Waals surface area (Å²) in [5.41, 5.74) is 0.366. The number of carbonyl (C=O) groups is 1. The van der Waals surface area contributed by atoms with Crippen LogP contribution in [0.15, 0.2) is 34.1 Å². The van der Waals surface area contributed by atoms with Crippen LogP contribution >= 0.6 is 0 Å². The fourth-order valence-electron chi connectivity index (χ4n) is 5.03. The van der Waals surface area contributed by atoms with Crippen molar-refractivity contribution in [1.29, 1.82) is 0 Å². The highest BCUT2D eigenvalue weighted by atomic mass is 32.2. The molecule has 1 amide bonds. The van der Waals surface area contributed by atoms with Crippen molar-refractivity contribution in [2.45, 2.75) is 51.5 Å². The van der Waals surface area contributed by atoms with Gasteiger partial charge >= 0.3 is 0 Å². The molecule has 2 aromatic rings. The van der Waals surface area contributed by atoms with Crippen LogP contribution in [0.25, 0.3) is 10.9 Å². The number of benzene rings is 1. The monoisotopic (exact) mass is 445 g/mol. The SMILES string of the molecule is CCn1cc(C(=O)N2C[C@H](C)C[C@H](C)C2)c(=O)c2cc(S(=O)(=O)N3CCCC3)ccc21. The van der Waals surface area contributed by atoms with Gasteiger partial charge in [-0.25, -0.2) is 8.42 Å². The number of piperidine rings is 1. The summed E-state index contributed by atoms with van der Waals surface area (Å²) in [5, 5.41) is 0.283. The molecule has 7 nitrogen and oxygen atoms in total. The zero-order valence-corrected chi connectivity index (χ0v) is 19.3. The van der Waals surface area contributed by atoms with Crippen LogP contribution in [0.5, 0.6) is 0 Å². The van der Waals surface area contributed by atoms with Crippen molar-refractivity contribution in [2.24, 2.45) is 11.8 Å². The van der Waals surface area contributed by atoms with Gasteiger partial charge in [-0.15, -0.1) is 0 Å². The lowest BCUT2D eigenvalue weighted by Gasteiger charge is -2.35. The molecule has 0 unspecified atom stereocenters. The highest BCUT2D eigenvalue weighted by Crippen LogP contribution is 2.25. The lowest BCUT2D eigenvalue weighted by atomic mass is 9.91. The molecule has 31 heavy (non-hydrogen) atoms. The van der Waals surface area contributed by atoms with E-state index >= 15 is 0 Å². The predicted molar refractivity (Wildman–Crippen MR) is 121 cm³/mol. The summed E-state index contributed by atoms with van der Waals surface area (Å²) in [5.74, 6) is 0.512. The van der Waals surface area contributed by atoms with E-state index in [4.69, 9.17) is 0 Å². The second kappa shape index (κ2) is 8.39. The molecule has 168 valence electrons. The van der Waals surface area contributed by atoms with Gasteiger partial charge in [-0.2, -0.15) is 4.31 Å². The molecule has 1 aromatic heterocycles. The Hall–Kier alpha value is -2.19. The molecule has 2 saturated heterocycles. The van der Waals surface area contributed by atoms with E-state index in [9.17, 15) is 18.0 Å². The van der Waals surface area contributed by atoms with Crippen molar-refractivity contribution >= 4 is 26.8 Å². The number of aryl methyl sites for hydroxylation is 1. The minimum atomic E-state index is -3.64. The number of hydrogen-bond donors (Lipinski definition) is 0.